The van der Waals surface area contributed by atoms with Crippen LogP contribution < -0.4 is 16.0 Å². The Balaban J connectivity index is 1.65. The minimum absolute atomic E-state index is 0.320. The Labute approximate surface area is 213 Å². The highest BCUT2D eigenvalue weighted by molar-refractivity contribution is 6.28. The zero-order valence-corrected chi connectivity index (χ0v) is 20.4. The monoisotopic (exact) mass is 495 g/mol. The van der Waals surface area contributed by atoms with Crippen LogP contribution in [0, 0.1) is 36.5 Å². The van der Waals surface area contributed by atoms with E-state index in [0.29, 0.717) is 40.5 Å². The number of hydrogen-bond donors (Lipinski definition) is 3. The number of aryl methyl sites for hydroxylation is 2. The number of nitrogens with one attached hydrogen (secondary N) is 3. The summed E-state index contributed by atoms with van der Waals surface area (Å²) in [5.41, 5.74) is 5.83. The van der Waals surface area contributed by atoms with Crippen molar-refractivity contribution in [1.29, 1.82) is 10.5 Å². The molecule has 0 bridgehead atoms. The molecule has 0 saturated carbocycles. The standard InChI is InChI=1S/C27H22ClN7O/c1-17-12-20(4-3-11-29)13-18(2)25(17)34-26-23(31-15-22-9-10-24(28)36-22)16-32-27(35-26)33-21-7-5-19(14-30)6-8-21/h3-10,12-13,16,31H,15H2,1-2H3,(H2,32,33,34,35)/b4-3+. The van der Waals surface area contributed by atoms with Gasteiger partial charge in [0.2, 0.25) is 5.95 Å². The highest BCUT2D eigenvalue weighted by Gasteiger charge is 2.13. The lowest BCUT2D eigenvalue weighted by Crippen LogP contribution is -2.08. The number of benzene rings is 2. The molecular formula is C27H22ClN7O. The van der Waals surface area contributed by atoms with Gasteiger partial charge in [0.15, 0.2) is 11.0 Å². The summed E-state index contributed by atoms with van der Waals surface area (Å²) in [6, 6.07) is 18.6. The van der Waals surface area contributed by atoms with Crippen molar-refractivity contribution in [3.05, 3.63) is 94.0 Å². The van der Waals surface area contributed by atoms with Crippen molar-refractivity contribution < 1.29 is 4.42 Å². The third-order valence-electron chi connectivity index (χ3n) is 5.29. The predicted octanol–water partition coefficient (Wildman–Crippen LogP) is 6.85. The minimum atomic E-state index is 0.320. The summed E-state index contributed by atoms with van der Waals surface area (Å²) in [6.07, 6.45) is 4.91. The van der Waals surface area contributed by atoms with E-state index < -0.39 is 0 Å². The van der Waals surface area contributed by atoms with Crippen LogP contribution in [0.5, 0.6) is 0 Å². The first-order valence-electron chi connectivity index (χ1n) is 11.0. The Morgan fingerprint density at radius 3 is 2.42 bits per heavy atom. The topological polar surface area (TPSA) is 123 Å². The second-order valence-electron chi connectivity index (χ2n) is 7.95. The molecule has 0 radical (unpaired) electrons. The summed E-state index contributed by atoms with van der Waals surface area (Å²) in [5.74, 6) is 1.62. The number of nitrogens with zero attached hydrogens (tertiary/aromatic N) is 4. The van der Waals surface area contributed by atoms with Crippen molar-refractivity contribution in [3.8, 4) is 12.1 Å². The molecule has 0 atom stereocenters. The zero-order valence-electron chi connectivity index (χ0n) is 19.6. The maximum atomic E-state index is 9.02. The Morgan fingerprint density at radius 1 is 1.03 bits per heavy atom. The van der Waals surface area contributed by atoms with E-state index in [1.54, 1.807) is 48.7 Å². The average Bonchev–Trinajstić information content (AvgIpc) is 3.29. The Hall–Kier alpha value is -4.79. The third kappa shape index (κ3) is 6.01. The number of hydrogen-bond acceptors (Lipinski definition) is 8. The number of aromatic nitrogens is 2. The van der Waals surface area contributed by atoms with Crippen molar-refractivity contribution in [2.75, 3.05) is 16.0 Å². The fraction of sp³-hybridized carbons (Fsp3) is 0.111. The molecule has 8 nitrogen and oxygen atoms in total. The molecule has 9 heteroatoms. The minimum Gasteiger partial charge on any atom is -0.448 e. The number of allylic oxidation sites excluding steroid dienone is 1. The zero-order chi connectivity index (χ0) is 25.5. The van der Waals surface area contributed by atoms with Crippen molar-refractivity contribution in [2.24, 2.45) is 0 Å². The van der Waals surface area contributed by atoms with Crippen LogP contribution in [0.4, 0.5) is 28.8 Å². The Bertz CT molecular complexity index is 1470. The average molecular weight is 496 g/mol. The maximum Gasteiger partial charge on any atom is 0.229 e. The van der Waals surface area contributed by atoms with E-state index in [1.165, 1.54) is 6.08 Å². The summed E-state index contributed by atoms with van der Waals surface area (Å²) in [5, 5.41) is 28.1. The molecule has 2 heterocycles. The molecule has 2 aromatic carbocycles. The van der Waals surface area contributed by atoms with Crippen molar-refractivity contribution in [3.63, 3.8) is 0 Å². The molecule has 0 amide bonds. The van der Waals surface area contributed by atoms with Gasteiger partial charge in [-0.15, -0.1) is 0 Å². The predicted molar refractivity (Wildman–Crippen MR) is 141 cm³/mol. The Kier molecular flexibility index (Phi) is 7.50. The number of nitriles is 2. The van der Waals surface area contributed by atoms with Gasteiger partial charge in [-0.1, -0.05) is 0 Å². The third-order valence-corrected chi connectivity index (χ3v) is 5.49. The normalized spacial score (nSPS) is 10.6. The first-order valence-corrected chi connectivity index (χ1v) is 11.4. The summed E-state index contributed by atoms with van der Waals surface area (Å²) in [4.78, 5) is 9.15. The number of furan rings is 1. The van der Waals surface area contributed by atoms with Gasteiger partial charge >= 0.3 is 0 Å². The van der Waals surface area contributed by atoms with E-state index in [4.69, 9.17) is 31.5 Å². The highest BCUT2D eigenvalue weighted by Crippen LogP contribution is 2.31. The molecule has 0 aliphatic heterocycles. The van der Waals surface area contributed by atoms with Gasteiger partial charge in [-0.05, 0) is 96.7 Å². The van der Waals surface area contributed by atoms with Gasteiger partial charge in [-0.2, -0.15) is 15.5 Å². The van der Waals surface area contributed by atoms with E-state index >= 15 is 0 Å². The van der Waals surface area contributed by atoms with Crippen LogP contribution in [0.3, 0.4) is 0 Å². The lowest BCUT2D eigenvalue weighted by molar-refractivity contribution is 0.520. The number of rotatable bonds is 8. The smallest absolute Gasteiger partial charge is 0.229 e. The lowest BCUT2D eigenvalue weighted by atomic mass is 10.0. The molecular weight excluding hydrogens is 474 g/mol. The second-order valence-corrected chi connectivity index (χ2v) is 8.32. The van der Waals surface area contributed by atoms with E-state index in [0.717, 1.165) is 28.1 Å². The molecule has 4 rings (SSSR count). The Morgan fingerprint density at radius 2 is 1.78 bits per heavy atom. The van der Waals surface area contributed by atoms with E-state index in [1.807, 2.05) is 32.0 Å². The van der Waals surface area contributed by atoms with E-state index in [-0.39, 0.29) is 0 Å². The summed E-state index contributed by atoms with van der Waals surface area (Å²) >= 11 is 5.90. The van der Waals surface area contributed by atoms with Gasteiger partial charge in [0.1, 0.15) is 5.76 Å². The largest absolute Gasteiger partial charge is 0.448 e. The summed E-state index contributed by atoms with van der Waals surface area (Å²) in [7, 11) is 0. The van der Waals surface area contributed by atoms with Crippen LogP contribution in [-0.2, 0) is 6.54 Å². The maximum absolute atomic E-state index is 9.02. The first kappa shape index (κ1) is 24.3. The van der Waals surface area contributed by atoms with Gasteiger partial charge in [-0.3, -0.25) is 0 Å². The molecule has 2 aromatic heterocycles. The molecule has 0 fully saturated rings. The van der Waals surface area contributed by atoms with Crippen LogP contribution in [0.2, 0.25) is 5.22 Å². The molecule has 4 aromatic rings. The van der Waals surface area contributed by atoms with Crippen LogP contribution in [0.1, 0.15) is 28.0 Å². The molecule has 178 valence electrons. The van der Waals surface area contributed by atoms with E-state index in [9.17, 15) is 0 Å². The highest BCUT2D eigenvalue weighted by atomic mass is 35.5. The first-order chi connectivity index (χ1) is 17.4. The van der Waals surface area contributed by atoms with Crippen molar-refractivity contribution in [2.45, 2.75) is 20.4 Å². The fourth-order valence-corrected chi connectivity index (χ4v) is 3.76. The molecule has 0 saturated heterocycles. The number of anilines is 5. The quantitative estimate of drug-likeness (QED) is 0.227. The van der Waals surface area contributed by atoms with Crippen LogP contribution >= 0.6 is 11.6 Å². The molecule has 0 spiro atoms. The molecule has 0 unspecified atom stereocenters. The van der Waals surface area contributed by atoms with Gasteiger partial charge < -0.3 is 20.4 Å². The molecule has 0 aliphatic rings. The van der Waals surface area contributed by atoms with Gasteiger partial charge in [0.05, 0.1) is 36.1 Å². The van der Waals surface area contributed by atoms with Crippen LogP contribution in [0.15, 0.2) is 65.2 Å². The fourth-order valence-electron chi connectivity index (χ4n) is 3.60. The molecule has 0 aliphatic carbocycles. The lowest BCUT2D eigenvalue weighted by Gasteiger charge is -2.17. The molecule has 3 N–H and O–H groups in total. The molecule has 36 heavy (non-hydrogen) atoms. The van der Waals surface area contributed by atoms with E-state index in [2.05, 4.69) is 27.0 Å². The van der Waals surface area contributed by atoms with Gasteiger partial charge in [0.25, 0.3) is 0 Å². The van der Waals surface area contributed by atoms with Crippen LogP contribution in [-0.4, -0.2) is 9.97 Å². The van der Waals surface area contributed by atoms with Crippen molar-refractivity contribution >= 4 is 46.5 Å². The van der Waals surface area contributed by atoms with Gasteiger partial charge in [0, 0.05) is 17.5 Å². The SMILES string of the molecule is Cc1cc(/C=C/C#N)cc(C)c1Nc1nc(Nc2ccc(C#N)cc2)ncc1NCc1ccc(Cl)o1. The van der Waals surface area contributed by atoms with Crippen LogP contribution in [0.25, 0.3) is 6.08 Å². The second kappa shape index (κ2) is 11.1. The summed E-state index contributed by atoms with van der Waals surface area (Å²) in [6.45, 7) is 4.38. The van der Waals surface area contributed by atoms with Gasteiger partial charge in [-0.25, -0.2) is 4.98 Å². The summed E-state index contributed by atoms with van der Waals surface area (Å²) < 4.78 is 5.45. The number of halogens is 1. The van der Waals surface area contributed by atoms with Crippen molar-refractivity contribution in [1.82, 2.24) is 9.97 Å².